The van der Waals surface area contributed by atoms with Crippen molar-refractivity contribution in [3.8, 4) is 0 Å². The van der Waals surface area contributed by atoms with Crippen LogP contribution in [0, 0.1) is 0 Å². The van der Waals surface area contributed by atoms with Crippen molar-refractivity contribution in [3.63, 3.8) is 0 Å². The van der Waals surface area contributed by atoms with Gasteiger partial charge in [-0.3, -0.25) is 4.79 Å². The first kappa shape index (κ1) is 14.7. The second-order valence-electron chi connectivity index (χ2n) is 5.53. The SMILES string of the molecule is CC(CCCO)Nc1nccn(C(C)(C)C)c1=O. The zero-order valence-corrected chi connectivity index (χ0v) is 11.6. The van der Waals surface area contributed by atoms with E-state index in [9.17, 15) is 4.79 Å². The lowest BCUT2D eigenvalue weighted by atomic mass is 10.1. The molecule has 0 saturated carbocycles. The largest absolute Gasteiger partial charge is 0.396 e. The number of rotatable bonds is 5. The molecule has 0 fully saturated rings. The molecule has 0 aliphatic heterocycles. The summed E-state index contributed by atoms with van der Waals surface area (Å²) in [4.78, 5) is 16.3. The Morgan fingerprint density at radius 2 is 2.17 bits per heavy atom. The van der Waals surface area contributed by atoms with E-state index in [1.165, 1.54) is 0 Å². The van der Waals surface area contributed by atoms with E-state index in [-0.39, 0.29) is 23.7 Å². The average molecular weight is 253 g/mol. The summed E-state index contributed by atoms with van der Waals surface area (Å²) >= 11 is 0. The topological polar surface area (TPSA) is 67.2 Å². The van der Waals surface area contributed by atoms with Gasteiger partial charge in [0.2, 0.25) is 0 Å². The molecule has 0 amide bonds. The van der Waals surface area contributed by atoms with Gasteiger partial charge in [0.05, 0.1) is 0 Å². The number of aromatic nitrogens is 2. The zero-order chi connectivity index (χ0) is 13.8. The molecule has 1 atom stereocenters. The highest BCUT2D eigenvalue weighted by molar-refractivity contribution is 5.32. The Balaban J connectivity index is 2.88. The van der Waals surface area contributed by atoms with Crippen molar-refractivity contribution in [1.29, 1.82) is 0 Å². The monoisotopic (exact) mass is 253 g/mol. The first-order valence-corrected chi connectivity index (χ1v) is 6.32. The van der Waals surface area contributed by atoms with Gasteiger partial charge in [0.1, 0.15) is 0 Å². The molecule has 0 aromatic carbocycles. The van der Waals surface area contributed by atoms with Gasteiger partial charge in [-0.05, 0) is 40.5 Å². The van der Waals surface area contributed by atoms with Gasteiger partial charge < -0.3 is 15.0 Å². The molecular formula is C13H23N3O2. The number of anilines is 1. The second kappa shape index (κ2) is 6.00. The number of nitrogens with zero attached hydrogens (tertiary/aromatic N) is 2. The smallest absolute Gasteiger partial charge is 0.293 e. The van der Waals surface area contributed by atoms with Crippen molar-refractivity contribution in [3.05, 3.63) is 22.7 Å². The van der Waals surface area contributed by atoms with E-state index in [0.29, 0.717) is 12.2 Å². The lowest BCUT2D eigenvalue weighted by molar-refractivity contribution is 0.282. The van der Waals surface area contributed by atoms with E-state index < -0.39 is 0 Å². The Bertz CT molecular complexity index is 435. The van der Waals surface area contributed by atoms with Crippen LogP contribution < -0.4 is 10.9 Å². The second-order valence-corrected chi connectivity index (χ2v) is 5.53. The van der Waals surface area contributed by atoms with Crippen molar-refractivity contribution >= 4 is 5.82 Å². The van der Waals surface area contributed by atoms with Gasteiger partial charge in [-0.25, -0.2) is 4.98 Å². The molecule has 1 rings (SSSR count). The number of hydrogen-bond donors (Lipinski definition) is 2. The summed E-state index contributed by atoms with van der Waals surface area (Å²) in [5.74, 6) is 0.373. The van der Waals surface area contributed by atoms with Crippen LogP contribution in [0.3, 0.4) is 0 Å². The van der Waals surface area contributed by atoms with Gasteiger partial charge in [0.25, 0.3) is 5.56 Å². The molecule has 5 nitrogen and oxygen atoms in total. The maximum Gasteiger partial charge on any atom is 0.293 e. The molecule has 1 heterocycles. The number of aliphatic hydroxyl groups is 1. The highest BCUT2D eigenvalue weighted by Gasteiger charge is 2.17. The average Bonchev–Trinajstić information content (AvgIpc) is 2.27. The third-order valence-electron chi connectivity index (χ3n) is 2.74. The fourth-order valence-corrected chi connectivity index (χ4v) is 1.74. The van der Waals surface area contributed by atoms with Gasteiger partial charge in [-0.1, -0.05) is 0 Å². The van der Waals surface area contributed by atoms with E-state index >= 15 is 0 Å². The molecule has 2 N–H and O–H groups in total. The molecule has 0 bridgehead atoms. The Morgan fingerprint density at radius 1 is 1.50 bits per heavy atom. The van der Waals surface area contributed by atoms with E-state index in [1.54, 1.807) is 17.0 Å². The molecule has 1 aromatic heterocycles. The summed E-state index contributed by atoms with van der Waals surface area (Å²) in [6.45, 7) is 8.08. The van der Waals surface area contributed by atoms with Crippen LogP contribution in [-0.4, -0.2) is 27.3 Å². The summed E-state index contributed by atoms with van der Waals surface area (Å²) < 4.78 is 1.67. The summed E-state index contributed by atoms with van der Waals surface area (Å²) in [6, 6.07) is 0.119. The van der Waals surface area contributed by atoms with Crippen LogP contribution in [0.2, 0.25) is 0 Å². The summed E-state index contributed by atoms with van der Waals surface area (Å²) in [5, 5.41) is 11.9. The molecule has 0 aliphatic rings. The van der Waals surface area contributed by atoms with Crippen molar-refractivity contribution in [2.75, 3.05) is 11.9 Å². The molecule has 0 saturated heterocycles. The van der Waals surface area contributed by atoms with Crippen LogP contribution in [0.4, 0.5) is 5.82 Å². The molecule has 102 valence electrons. The van der Waals surface area contributed by atoms with E-state index in [4.69, 9.17) is 5.11 Å². The minimum Gasteiger partial charge on any atom is -0.396 e. The van der Waals surface area contributed by atoms with Crippen LogP contribution in [0.1, 0.15) is 40.5 Å². The lowest BCUT2D eigenvalue weighted by Crippen LogP contribution is -2.36. The minimum absolute atomic E-state index is 0.110. The number of hydrogen-bond acceptors (Lipinski definition) is 4. The molecule has 1 aromatic rings. The van der Waals surface area contributed by atoms with Crippen LogP contribution in [0.5, 0.6) is 0 Å². The summed E-state index contributed by atoms with van der Waals surface area (Å²) in [6.07, 6.45) is 4.86. The normalized spacial score (nSPS) is 13.4. The molecule has 1 unspecified atom stereocenters. The molecule has 0 aliphatic carbocycles. The fourth-order valence-electron chi connectivity index (χ4n) is 1.74. The maximum absolute atomic E-state index is 12.2. The number of aliphatic hydroxyl groups excluding tert-OH is 1. The molecule has 18 heavy (non-hydrogen) atoms. The van der Waals surface area contributed by atoms with Gasteiger partial charge >= 0.3 is 0 Å². The lowest BCUT2D eigenvalue weighted by Gasteiger charge is -2.23. The number of nitrogens with one attached hydrogen (secondary N) is 1. The highest BCUT2D eigenvalue weighted by Crippen LogP contribution is 2.11. The molecule has 0 radical (unpaired) electrons. The van der Waals surface area contributed by atoms with E-state index in [1.807, 2.05) is 27.7 Å². The summed E-state index contributed by atoms with van der Waals surface area (Å²) in [7, 11) is 0. The third kappa shape index (κ3) is 3.84. The van der Waals surface area contributed by atoms with Gasteiger partial charge in [-0.2, -0.15) is 0 Å². The summed E-state index contributed by atoms with van der Waals surface area (Å²) in [5.41, 5.74) is -0.369. The van der Waals surface area contributed by atoms with E-state index in [0.717, 1.165) is 6.42 Å². The van der Waals surface area contributed by atoms with Crippen molar-refractivity contribution in [2.24, 2.45) is 0 Å². The minimum atomic E-state index is -0.259. The van der Waals surface area contributed by atoms with Crippen LogP contribution in [0.15, 0.2) is 17.2 Å². The van der Waals surface area contributed by atoms with Crippen molar-refractivity contribution in [1.82, 2.24) is 9.55 Å². The van der Waals surface area contributed by atoms with Gasteiger partial charge in [0.15, 0.2) is 5.82 Å². The van der Waals surface area contributed by atoms with Crippen molar-refractivity contribution < 1.29 is 5.11 Å². The van der Waals surface area contributed by atoms with Gasteiger partial charge in [0, 0.05) is 30.6 Å². The van der Waals surface area contributed by atoms with Gasteiger partial charge in [-0.15, -0.1) is 0 Å². The first-order valence-electron chi connectivity index (χ1n) is 6.32. The maximum atomic E-state index is 12.2. The Hall–Kier alpha value is -1.36. The Morgan fingerprint density at radius 3 is 2.72 bits per heavy atom. The molecule has 0 spiro atoms. The highest BCUT2D eigenvalue weighted by atomic mass is 16.2. The zero-order valence-electron chi connectivity index (χ0n) is 11.6. The molecule has 5 heteroatoms. The van der Waals surface area contributed by atoms with E-state index in [2.05, 4.69) is 10.3 Å². The fraction of sp³-hybridized carbons (Fsp3) is 0.692. The quantitative estimate of drug-likeness (QED) is 0.836. The molecular weight excluding hydrogens is 230 g/mol. The predicted octanol–water partition coefficient (Wildman–Crippen LogP) is 1.57. The third-order valence-corrected chi connectivity index (χ3v) is 2.74. The van der Waals surface area contributed by atoms with Crippen LogP contribution >= 0.6 is 0 Å². The van der Waals surface area contributed by atoms with Crippen molar-refractivity contribution in [2.45, 2.75) is 52.1 Å². The standard InChI is InChI=1S/C13H23N3O2/c1-10(6-5-9-17)15-11-12(18)16(8-7-14-11)13(2,3)4/h7-8,10,17H,5-6,9H2,1-4H3,(H,14,15). The van der Waals surface area contributed by atoms with Crippen LogP contribution in [-0.2, 0) is 5.54 Å². The Labute approximate surface area is 108 Å². The Kier molecular flexibility index (Phi) is 4.90. The van der Waals surface area contributed by atoms with Crippen LogP contribution in [0.25, 0.3) is 0 Å². The predicted molar refractivity (Wildman–Crippen MR) is 72.9 cm³/mol. The first-order chi connectivity index (χ1) is 8.36.